The maximum atomic E-state index is 11.8. The molecule has 1 aromatic carbocycles. The van der Waals surface area contributed by atoms with E-state index in [1.54, 1.807) is 11.8 Å². The number of ether oxygens (including phenoxy) is 1. The van der Waals surface area contributed by atoms with Crippen molar-refractivity contribution in [1.29, 1.82) is 0 Å². The van der Waals surface area contributed by atoms with Crippen molar-refractivity contribution < 1.29 is 14.3 Å². The van der Waals surface area contributed by atoms with Crippen LogP contribution in [0.4, 0.5) is 11.4 Å². The molecule has 0 amide bonds. The zero-order valence-corrected chi connectivity index (χ0v) is 13.4. The second-order valence-corrected chi connectivity index (χ2v) is 5.82. The minimum atomic E-state index is -0.400. The quantitative estimate of drug-likeness (QED) is 0.475. The van der Waals surface area contributed by atoms with Crippen LogP contribution in [-0.4, -0.2) is 35.6 Å². The average Bonchev–Trinajstić information content (AvgIpc) is 2.47. The molecule has 0 N–H and O–H groups in total. The van der Waals surface area contributed by atoms with Crippen LogP contribution < -0.4 is 4.90 Å². The number of anilines is 1. The Balaban J connectivity index is 2.48. The van der Waals surface area contributed by atoms with Gasteiger partial charge in [-0.15, -0.1) is 0 Å². The highest BCUT2D eigenvalue weighted by Gasteiger charge is 2.29. The monoisotopic (exact) mass is 350 g/mol. The van der Waals surface area contributed by atoms with Crippen molar-refractivity contribution in [2.45, 2.75) is 18.7 Å². The zero-order valence-electron chi connectivity index (χ0n) is 11.8. The molecule has 1 aliphatic rings. The van der Waals surface area contributed by atoms with Gasteiger partial charge in [0.1, 0.15) is 6.54 Å². The number of halogens is 1. The van der Waals surface area contributed by atoms with Gasteiger partial charge in [-0.1, -0.05) is 28.1 Å². The fourth-order valence-corrected chi connectivity index (χ4v) is 2.43. The maximum absolute atomic E-state index is 11.8. The Morgan fingerprint density at radius 3 is 2.81 bits per heavy atom. The third-order valence-corrected chi connectivity index (χ3v) is 3.43. The number of carbonyl (C=O) groups is 1. The van der Waals surface area contributed by atoms with Crippen LogP contribution >= 0.6 is 15.9 Å². The van der Waals surface area contributed by atoms with E-state index in [1.807, 2.05) is 37.1 Å². The minimum absolute atomic E-state index is 0.0475. The number of hydrogen-bond acceptors (Lipinski definition) is 5. The molecule has 1 atom stereocenters. The van der Waals surface area contributed by atoms with Gasteiger partial charge in [0.05, 0.1) is 28.5 Å². The van der Waals surface area contributed by atoms with Crippen molar-refractivity contribution in [2.75, 3.05) is 18.1 Å². The van der Waals surface area contributed by atoms with E-state index in [0.717, 1.165) is 0 Å². The Morgan fingerprint density at radius 1 is 1.48 bits per heavy atom. The SMILES string of the molecule is CCOC(=O)CN1C(=C=O)C(C(C)Br)=Nc2ccccc21. The molecular weight excluding hydrogens is 336 g/mol. The highest BCUT2D eigenvalue weighted by Crippen LogP contribution is 2.36. The van der Waals surface area contributed by atoms with Crippen molar-refractivity contribution in [3.05, 3.63) is 30.0 Å². The number of fused-ring (bicyclic) bond motifs is 1. The molecule has 21 heavy (non-hydrogen) atoms. The lowest BCUT2D eigenvalue weighted by molar-refractivity contribution is -0.141. The molecule has 0 saturated heterocycles. The third-order valence-electron chi connectivity index (χ3n) is 2.99. The first kappa shape index (κ1) is 15.5. The van der Waals surface area contributed by atoms with Crippen LogP contribution in [0.15, 0.2) is 35.0 Å². The van der Waals surface area contributed by atoms with Crippen LogP contribution in [0.3, 0.4) is 0 Å². The summed E-state index contributed by atoms with van der Waals surface area (Å²) in [5.74, 6) is 1.50. The lowest BCUT2D eigenvalue weighted by Crippen LogP contribution is -2.37. The first-order valence-electron chi connectivity index (χ1n) is 6.58. The maximum Gasteiger partial charge on any atom is 0.325 e. The number of rotatable bonds is 4. The summed E-state index contributed by atoms with van der Waals surface area (Å²) in [5.41, 5.74) is 2.21. The van der Waals surface area contributed by atoms with Gasteiger partial charge in [0.2, 0.25) is 0 Å². The van der Waals surface area contributed by atoms with Crippen molar-refractivity contribution in [3.8, 4) is 0 Å². The number of nitrogens with zero attached hydrogens (tertiary/aromatic N) is 2. The molecule has 0 spiro atoms. The first-order valence-corrected chi connectivity index (χ1v) is 7.50. The summed E-state index contributed by atoms with van der Waals surface area (Å²) in [6, 6.07) is 7.34. The summed E-state index contributed by atoms with van der Waals surface area (Å²) in [6.45, 7) is 3.86. The van der Waals surface area contributed by atoms with Gasteiger partial charge >= 0.3 is 5.97 Å². The Labute approximate surface area is 131 Å². The molecule has 5 nitrogen and oxygen atoms in total. The van der Waals surface area contributed by atoms with Gasteiger partial charge in [-0.05, 0) is 26.0 Å². The van der Waals surface area contributed by atoms with Crippen molar-refractivity contribution in [3.63, 3.8) is 0 Å². The van der Waals surface area contributed by atoms with E-state index < -0.39 is 5.97 Å². The van der Waals surface area contributed by atoms with Gasteiger partial charge in [-0.2, -0.15) is 0 Å². The van der Waals surface area contributed by atoms with E-state index >= 15 is 0 Å². The molecule has 0 bridgehead atoms. The van der Waals surface area contributed by atoms with Gasteiger partial charge < -0.3 is 9.64 Å². The van der Waals surface area contributed by atoms with E-state index in [-0.39, 0.29) is 17.1 Å². The van der Waals surface area contributed by atoms with E-state index in [4.69, 9.17) is 4.74 Å². The van der Waals surface area contributed by atoms with E-state index in [9.17, 15) is 9.59 Å². The van der Waals surface area contributed by atoms with Crippen LogP contribution in [0.25, 0.3) is 0 Å². The summed E-state index contributed by atoms with van der Waals surface area (Å²) in [6.07, 6.45) is 0. The molecule has 6 heteroatoms. The molecule has 2 rings (SSSR count). The Kier molecular flexibility index (Phi) is 4.94. The van der Waals surface area contributed by atoms with Gasteiger partial charge in [0, 0.05) is 0 Å². The molecule has 0 aromatic heterocycles. The average molecular weight is 351 g/mol. The minimum Gasteiger partial charge on any atom is -0.465 e. The van der Waals surface area contributed by atoms with E-state index in [0.29, 0.717) is 23.7 Å². The molecule has 1 unspecified atom stereocenters. The Hall–Kier alpha value is -1.91. The molecule has 0 fully saturated rings. The van der Waals surface area contributed by atoms with Crippen LogP contribution in [0.1, 0.15) is 13.8 Å². The number of alkyl halides is 1. The summed E-state index contributed by atoms with van der Waals surface area (Å²) in [4.78, 5) is 29.1. The first-order chi connectivity index (χ1) is 10.1. The van der Waals surface area contributed by atoms with Crippen molar-refractivity contribution >= 4 is 44.9 Å². The van der Waals surface area contributed by atoms with Crippen LogP contribution in [-0.2, 0) is 14.3 Å². The Morgan fingerprint density at radius 2 is 2.19 bits per heavy atom. The summed E-state index contributed by atoms with van der Waals surface area (Å²) < 4.78 is 4.97. The van der Waals surface area contributed by atoms with Gasteiger partial charge in [-0.3, -0.25) is 4.79 Å². The van der Waals surface area contributed by atoms with Crippen LogP contribution in [0, 0.1) is 0 Å². The smallest absolute Gasteiger partial charge is 0.325 e. The number of allylic oxidation sites excluding steroid dienone is 1. The number of carbonyl (C=O) groups excluding carboxylic acids is 2. The summed E-state index contributed by atoms with van der Waals surface area (Å²) in [7, 11) is 0. The van der Waals surface area contributed by atoms with Gasteiger partial charge in [-0.25, -0.2) is 9.79 Å². The normalized spacial score (nSPS) is 14.9. The lowest BCUT2D eigenvalue weighted by atomic mass is 10.1. The fraction of sp³-hybridized carbons (Fsp3) is 0.333. The standard InChI is InChI=1S/C15H15BrN2O3/c1-3-21-14(20)8-18-12-7-5-4-6-11(12)17-15(10(2)16)13(18)9-19/h4-7,10H,3,8H2,1-2H3. The third kappa shape index (κ3) is 3.23. The number of aliphatic imine (C=N–C) groups is 1. The molecule has 1 aromatic rings. The predicted octanol–water partition coefficient (Wildman–Crippen LogP) is 2.64. The number of benzene rings is 1. The molecule has 0 aliphatic carbocycles. The second kappa shape index (κ2) is 6.70. The zero-order chi connectivity index (χ0) is 15.4. The second-order valence-electron chi connectivity index (χ2n) is 4.44. The molecule has 0 saturated carbocycles. The van der Waals surface area contributed by atoms with Crippen LogP contribution in [0.2, 0.25) is 0 Å². The summed E-state index contributed by atoms with van der Waals surface area (Å²) in [5, 5.41) is 0. The Bertz CT molecular complexity index is 634. The molecule has 110 valence electrons. The number of hydrogen-bond donors (Lipinski definition) is 0. The highest BCUT2D eigenvalue weighted by molar-refractivity contribution is 9.10. The molecule has 0 radical (unpaired) electrons. The van der Waals surface area contributed by atoms with E-state index in [1.165, 1.54) is 0 Å². The predicted molar refractivity (Wildman–Crippen MR) is 85.1 cm³/mol. The lowest BCUT2D eigenvalue weighted by Gasteiger charge is -2.30. The number of para-hydroxylation sites is 2. The van der Waals surface area contributed by atoms with Gasteiger partial charge in [0.15, 0.2) is 11.6 Å². The fourth-order valence-electron chi connectivity index (χ4n) is 2.11. The van der Waals surface area contributed by atoms with E-state index in [2.05, 4.69) is 20.9 Å². The van der Waals surface area contributed by atoms with Crippen molar-refractivity contribution in [1.82, 2.24) is 0 Å². The topological polar surface area (TPSA) is 59.0 Å². The largest absolute Gasteiger partial charge is 0.465 e. The van der Waals surface area contributed by atoms with Crippen molar-refractivity contribution in [2.24, 2.45) is 4.99 Å². The highest BCUT2D eigenvalue weighted by atomic mass is 79.9. The molecule has 1 aliphatic heterocycles. The number of esters is 1. The van der Waals surface area contributed by atoms with Crippen LogP contribution in [0.5, 0.6) is 0 Å². The molecular formula is C15H15BrN2O3. The summed E-state index contributed by atoms with van der Waals surface area (Å²) >= 11 is 3.42. The molecule has 1 heterocycles. The van der Waals surface area contributed by atoms with Gasteiger partial charge in [0.25, 0.3) is 0 Å².